The largest absolute Gasteiger partial charge is 0.493 e. The number of alkyl halides is 2. The van der Waals surface area contributed by atoms with Gasteiger partial charge in [-0.1, -0.05) is 0 Å². The Morgan fingerprint density at radius 3 is 2.60 bits per heavy atom. The van der Waals surface area contributed by atoms with Gasteiger partial charge in [-0.3, -0.25) is 0 Å². The Balaban J connectivity index is 2.91. The van der Waals surface area contributed by atoms with Crippen LogP contribution < -0.4 is 15.2 Å². The highest BCUT2D eigenvalue weighted by Crippen LogP contribution is 2.27. The number of halogens is 3. The van der Waals surface area contributed by atoms with E-state index in [1.54, 1.807) is 6.92 Å². The zero-order chi connectivity index (χ0) is 15.4. The van der Waals surface area contributed by atoms with Gasteiger partial charge in [-0.25, -0.2) is 21.9 Å². The van der Waals surface area contributed by atoms with Gasteiger partial charge in [0.05, 0.1) is 29.1 Å². The van der Waals surface area contributed by atoms with E-state index in [4.69, 9.17) is 10.5 Å². The lowest BCUT2D eigenvalue weighted by Crippen LogP contribution is -2.41. The topological polar surface area (TPSA) is 81.4 Å². The van der Waals surface area contributed by atoms with E-state index in [1.165, 1.54) is 18.2 Å². The molecule has 0 aromatic heterocycles. The molecular weight excluding hydrogens is 358 g/mol. The average molecular weight is 373 g/mol. The van der Waals surface area contributed by atoms with E-state index in [0.717, 1.165) is 0 Å². The van der Waals surface area contributed by atoms with Gasteiger partial charge in [0.1, 0.15) is 5.75 Å². The first-order chi connectivity index (χ1) is 9.22. The van der Waals surface area contributed by atoms with E-state index >= 15 is 0 Å². The summed E-state index contributed by atoms with van der Waals surface area (Å²) >= 11 is 3.16. The van der Waals surface area contributed by atoms with Crippen LogP contribution >= 0.6 is 15.9 Å². The number of nitrogens with two attached hydrogens (primary N) is 1. The molecule has 20 heavy (non-hydrogen) atoms. The van der Waals surface area contributed by atoms with Crippen molar-refractivity contribution in [2.45, 2.75) is 17.7 Å². The molecular formula is C11H15BrF2N2O3S. The van der Waals surface area contributed by atoms with Crippen LogP contribution in [0.2, 0.25) is 0 Å². The number of hydrogen-bond acceptors (Lipinski definition) is 4. The van der Waals surface area contributed by atoms with Crippen LogP contribution in [-0.2, 0) is 10.0 Å². The van der Waals surface area contributed by atoms with Crippen molar-refractivity contribution in [2.75, 3.05) is 19.7 Å². The second-order valence-corrected chi connectivity index (χ2v) is 6.53. The fourth-order valence-electron chi connectivity index (χ4n) is 1.28. The lowest BCUT2D eigenvalue weighted by Gasteiger charge is -2.15. The monoisotopic (exact) mass is 372 g/mol. The molecule has 0 amide bonds. The van der Waals surface area contributed by atoms with Gasteiger partial charge in [-0.2, -0.15) is 0 Å². The average Bonchev–Trinajstić information content (AvgIpc) is 2.39. The van der Waals surface area contributed by atoms with Crippen LogP contribution in [0.3, 0.4) is 0 Å². The van der Waals surface area contributed by atoms with Crippen LogP contribution in [-0.4, -0.2) is 34.0 Å². The first-order valence-corrected chi connectivity index (χ1v) is 7.99. The lowest BCUT2D eigenvalue weighted by molar-refractivity contribution is 0.0170. The van der Waals surface area contributed by atoms with Crippen molar-refractivity contribution >= 4 is 26.0 Å². The standard InChI is InChI=1S/C11H15BrF2N2O3S/c1-2-19-10-4-3-8(5-9(10)12)20(17,18)16-7-11(13,14)6-15/h3-5,16H,2,6-7,15H2,1H3. The Kier molecular flexibility index (Phi) is 5.87. The highest BCUT2D eigenvalue weighted by atomic mass is 79.9. The van der Waals surface area contributed by atoms with Crippen LogP contribution in [0.15, 0.2) is 27.6 Å². The van der Waals surface area contributed by atoms with E-state index in [2.05, 4.69) is 15.9 Å². The number of ether oxygens (including phenoxy) is 1. The SMILES string of the molecule is CCOc1ccc(S(=O)(=O)NCC(F)(F)CN)cc1Br. The summed E-state index contributed by atoms with van der Waals surface area (Å²) in [5.74, 6) is -2.81. The summed E-state index contributed by atoms with van der Waals surface area (Å²) in [5, 5.41) is 0. The number of rotatable bonds is 7. The van der Waals surface area contributed by atoms with E-state index in [-0.39, 0.29) is 4.90 Å². The highest BCUT2D eigenvalue weighted by Gasteiger charge is 2.29. The van der Waals surface area contributed by atoms with Gasteiger partial charge < -0.3 is 10.5 Å². The predicted octanol–water partition coefficient (Wildman–Crippen LogP) is 1.72. The molecule has 0 aliphatic heterocycles. The Hall–Kier alpha value is -0.770. The summed E-state index contributed by atoms with van der Waals surface area (Å²) in [6, 6.07) is 4.01. The smallest absolute Gasteiger partial charge is 0.273 e. The van der Waals surface area contributed by atoms with Crippen molar-refractivity contribution in [3.8, 4) is 5.75 Å². The van der Waals surface area contributed by atoms with Crippen LogP contribution in [0.1, 0.15) is 6.92 Å². The van der Waals surface area contributed by atoms with Gasteiger partial charge in [-0.15, -0.1) is 0 Å². The van der Waals surface area contributed by atoms with Crippen molar-refractivity contribution < 1.29 is 21.9 Å². The zero-order valence-corrected chi connectivity index (χ0v) is 13.1. The number of nitrogens with one attached hydrogen (secondary N) is 1. The molecule has 0 atom stereocenters. The summed E-state index contributed by atoms with van der Waals surface area (Å²) in [6.07, 6.45) is 0. The Labute approximate surface area is 124 Å². The van der Waals surface area contributed by atoms with Crippen molar-refractivity contribution in [1.82, 2.24) is 4.72 Å². The molecule has 0 bridgehead atoms. The maximum atomic E-state index is 13.0. The molecule has 1 rings (SSSR count). The maximum Gasteiger partial charge on any atom is 0.273 e. The molecule has 0 unspecified atom stereocenters. The molecule has 3 N–H and O–H groups in total. The second-order valence-electron chi connectivity index (χ2n) is 3.91. The van der Waals surface area contributed by atoms with E-state index in [9.17, 15) is 17.2 Å². The van der Waals surface area contributed by atoms with E-state index in [1.807, 2.05) is 4.72 Å². The summed E-state index contributed by atoms with van der Waals surface area (Å²) in [6.45, 7) is 0.235. The quantitative estimate of drug-likeness (QED) is 0.763. The minimum absolute atomic E-state index is 0.138. The zero-order valence-electron chi connectivity index (χ0n) is 10.7. The molecule has 0 aliphatic rings. The molecule has 1 aromatic carbocycles. The van der Waals surface area contributed by atoms with Crippen molar-refractivity contribution in [1.29, 1.82) is 0 Å². The molecule has 5 nitrogen and oxygen atoms in total. The van der Waals surface area contributed by atoms with E-state index in [0.29, 0.717) is 16.8 Å². The summed E-state index contributed by atoms with van der Waals surface area (Å²) < 4.78 is 57.1. The molecule has 114 valence electrons. The number of sulfonamides is 1. The molecule has 0 radical (unpaired) electrons. The second kappa shape index (κ2) is 6.79. The third kappa shape index (κ3) is 4.65. The molecule has 0 fully saturated rings. The van der Waals surface area contributed by atoms with Crippen LogP contribution in [0.5, 0.6) is 5.75 Å². The van der Waals surface area contributed by atoms with E-state index < -0.39 is 29.0 Å². The van der Waals surface area contributed by atoms with Gasteiger partial charge >= 0.3 is 0 Å². The van der Waals surface area contributed by atoms with Crippen LogP contribution in [0.4, 0.5) is 8.78 Å². The normalized spacial score (nSPS) is 12.4. The fraction of sp³-hybridized carbons (Fsp3) is 0.455. The van der Waals surface area contributed by atoms with Gasteiger partial charge in [0, 0.05) is 0 Å². The number of benzene rings is 1. The molecule has 0 heterocycles. The third-order valence-corrected chi connectivity index (χ3v) is 4.35. The lowest BCUT2D eigenvalue weighted by atomic mass is 10.3. The summed E-state index contributed by atoms with van der Waals surface area (Å²) in [5.41, 5.74) is 4.84. The molecule has 0 saturated heterocycles. The van der Waals surface area contributed by atoms with Gasteiger partial charge in [0.2, 0.25) is 10.0 Å². The Morgan fingerprint density at radius 1 is 1.45 bits per heavy atom. The molecule has 0 spiro atoms. The third-order valence-electron chi connectivity index (χ3n) is 2.33. The van der Waals surface area contributed by atoms with Crippen LogP contribution in [0, 0.1) is 0 Å². The van der Waals surface area contributed by atoms with Gasteiger partial charge in [-0.05, 0) is 41.1 Å². The highest BCUT2D eigenvalue weighted by molar-refractivity contribution is 9.10. The predicted molar refractivity (Wildman–Crippen MR) is 74.5 cm³/mol. The minimum atomic E-state index is -4.03. The van der Waals surface area contributed by atoms with Crippen molar-refractivity contribution in [2.24, 2.45) is 5.73 Å². The van der Waals surface area contributed by atoms with Gasteiger partial charge in [0.15, 0.2) is 0 Å². The Bertz CT molecular complexity index is 567. The summed E-state index contributed by atoms with van der Waals surface area (Å²) in [4.78, 5) is -0.138. The molecule has 9 heteroatoms. The van der Waals surface area contributed by atoms with Gasteiger partial charge in [0.25, 0.3) is 5.92 Å². The molecule has 1 aromatic rings. The maximum absolute atomic E-state index is 13.0. The van der Waals surface area contributed by atoms with Crippen molar-refractivity contribution in [3.63, 3.8) is 0 Å². The van der Waals surface area contributed by atoms with Crippen molar-refractivity contribution in [3.05, 3.63) is 22.7 Å². The molecule has 0 aliphatic carbocycles. The number of hydrogen-bond donors (Lipinski definition) is 2. The Morgan fingerprint density at radius 2 is 2.10 bits per heavy atom. The first kappa shape index (κ1) is 17.3. The molecule has 0 saturated carbocycles. The fourth-order valence-corrected chi connectivity index (χ4v) is 3.01. The van der Waals surface area contributed by atoms with Crippen LogP contribution in [0.25, 0.3) is 0 Å². The first-order valence-electron chi connectivity index (χ1n) is 5.72. The minimum Gasteiger partial charge on any atom is -0.493 e. The summed E-state index contributed by atoms with van der Waals surface area (Å²) in [7, 11) is -4.03.